The van der Waals surface area contributed by atoms with Crippen molar-refractivity contribution in [2.45, 2.75) is 12.5 Å². The SMILES string of the molecule is COCC[C@H]1CN(c2csc3c2C=Nc2ccc(F)cc2N3)CCN1C. The summed E-state index contributed by atoms with van der Waals surface area (Å²) in [7, 11) is 3.93. The molecule has 2 aromatic rings. The van der Waals surface area contributed by atoms with Gasteiger partial charge in [-0.3, -0.25) is 9.89 Å². The van der Waals surface area contributed by atoms with Gasteiger partial charge >= 0.3 is 0 Å². The van der Waals surface area contributed by atoms with Gasteiger partial charge in [0.2, 0.25) is 0 Å². The highest BCUT2D eigenvalue weighted by Gasteiger charge is 2.27. The fourth-order valence-corrected chi connectivity index (χ4v) is 4.49. The van der Waals surface area contributed by atoms with Gasteiger partial charge in [-0.15, -0.1) is 11.3 Å². The molecule has 5 nitrogen and oxygen atoms in total. The molecule has 7 heteroatoms. The van der Waals surface area contributed by atoms with E-state index in [9.17, 15) is 4.39 Å². The highest BCUT2D eigenvalue weighted by Crippen LogP contribution is 2.41. The lowest BCUT2D eigenvalue weighted by Crippen LogP contribution is -2.52. The summed E-state index contributed by atoms with van der Waals surface area (Å²) in [4.78, 5) is 9.41. The van der Waals surface area contributed by atoms with E-state index in [2.05, 4.69) is 32.5 Å². The lowest BCUT2D eigenvalue weighted by atomic mass is 10.1. The summed E-state index contributed by atoms with van der Waals surface area (Å²) < 4.78 is 18.8. The minimum Gasteiger partial charge on any atom is -0.385 e. The standard InChI is InChI=1S/C19H23FN4OS/c1-23-6-7-24(11-14(23)5-8-25-2)18-12-26-19-15(18)10-21-16-4-3-13(20)9-17(16)22-19/h3-4,9-10,12,14,22H,5-8,11H2,1-2H3/t14-/m0/s1. The number of aliphatic imine (C=N–C) groups is 1. The molecule has 4 rings (SSSR count). The number of hydrogen-bond donors (Lipinski definition) is 1. The number of methoxy groups -OCH3 is 1. The Balaban J connectivity index is 1.59. The molecular weight excluding hydrogens is 351 g/mol. The number of nitrogens with zero attached hydrogens (tertiary/aromatic N) is 3. The summed E-state index contributed by atoms with van der Waals surface area (Å²) in [5.41, 5.74) is 3.76. The van der Waals surface area contributed by atoms with Crippen molar-refractivity contribution in [3.8, 4) is 0 Å². The smallest absolute Gasteiger partial charge is 0.125 e. The van der Waals surface area contributed by atoms with E-state index in [1.807, 2.05) is 6.21 Å². The maximum atomic E-state index is 13.6. The molecule has 0 radical (unpaired) electrons. The van der Waals surface area contributed by atoms with Gasteiger partial charge in [0.1, 0.15) is 10.8 Å². The van der Waals surface area contributed by atoms with Crippen LogP contribution in [0.15, 0.2) is 28.6 Å². The maximum Gasteiger partial charge on any atom is 0.125 e. The summed E-state index contributed by atoms with van der Waals surface area (Å²) in [5, 5.41) is 6.54. The molecule has 1 N–H and O–H groups in total. The van der Waals surface area contributed by atoms with Gasteiger partial charge in [0, 0.05) is 51.0 Å². The first-order valence-corrected chi connectivity index (χ1v) is 9.70. The minimum absolute atomic E-state index is 0.258. The van der Waals surface area contributed by atoms with Crippen LogP contribution in [0.25, 0.3) is 0 Å². The molecule has 0 unspecified atom stereocenters. The van der Waals surface area contributed by atoms with Crippen molar-refractivity contribution in [3.05, 3.63) is 35.0 Å². The molecule has 2 aliphatic rings. The van der Waals surface area contributed by atoms with Gasteiger partial charge in [-0.1, -0.05) is 0 Å². The van der Waals surface area contributed by atoms with Gasteiger partial charge in [0.15, 0.2) is 0 Å². The molecule has 1 saturated heterocycles. The molecule has 3 heterocycles. The van der Waals surface area contributed by atoms with Crippen LogP contribution in [0.3, 0.4) is 0 Å². The number of likely N-dealkylation sites (N-methyl/N-ethyl adjacent to an activating group) is 1. The molecule has 0 spiro atoms. The van der Waals surface area contributed by atoms with Gasteiger partial charge in [-0.25, -0.2) is 4.39 Å². The normalized spacial score (nSPS) is 19.7. The monoisotopic (exact) mass is 374 g/mol. The van der Waals surface area contributed by atoms with Crippen LogP contribution in [-0.4, -0.2) is 57.6 Å². The molecule has 1 fully saturated rings. The van der Waals surface area contributed by atoms with Gasteiger partial charge < -0.3 is 15.0 Å². The third-order valence-corrected chi connectivity index (χ3v) is 6.02. The Hall–Kier alpha value is -1.96. The predicted molar refractivity (Wildman–Crippen MR) is 106 cm³/mol. The zero-order valence-electron chi connectivity index (χ0n) is 15.0. The number of ether oxygens (including phenoxy) is 1. The van der Waals surface area contributed by atoms with Crippen LogP contribution in [-0.2, 0) is 4.74 Å². The molecule has 0 bridgehead atoms. The molecule has 0 saturated carbocycles. The summed E-state index contributed by atoms with van der Waals surface area (Å²) >= 11 is 1.64. The average Bonchev–Trinajstić information content (AvgIpc) is 2.94. The number of piperazine rings is 1. The van der Waals surface area contributed by atoms with Crippen molar-refractivity contribution in [1.82, 2.24) is 4.90 Å². The number of anilines is 3. The molecule has 1 atom stereocenters. The van der Waals surface area contributed by atoms with Crippen LogP contribution < -0.4 is 10.2 Å². The zero-order valence-corrected chi connectivity index (χ0v) is 15.9. The molecule has 2 aliphatic heterocycles. The first-order valence-electron chi connectivity index (χ1n) is 8.82. The summed E-state index contributed by atoms with van der Waals surface area (Å²) in [6.07, 6.45) is 2.92. The number of thiophene rings is 1. The highest BCUT2D eigenvalue weighted by atomic mass is 32.1. The van der Waals surface area contributed by atoms with E-state index in [0.717, 1.165) is 48.9 Å². The number of nitrogens with one attached hydrogen (secondary N) is 1. The Bertz CT molecular complexity index is 822. The Kier molecular flexibility index (Phi) is 4.93. The predicted octanol–water partition coefficient (Wildman–Crippen LogP) is 3.85. The lowest BCUT2D eigenvalue weighted by Gasteiger charge is -2.40. The van der Waals surface area contributed by atoms with E-state index in [1.54, 1.807) is 24.5 Å². The lowest BCUT2D eigenvalue weighted by molar-refractivity contribution is 0.138. The maximum absolute atomic E-state index is 13.6. The molecule has 1 aromatic carbocycles. The van der Waals surface area contributed by atoms with Gasteiger partial charge in [0.25, 0.3) is 0 Å². The molecule has 138 valence electrons. The quantitative estimate of drug-likeness (QED) is 0.753. The van der Waals surface area contributed by atoms with Crippen LogP contribution in [0.4, 0.5) is 26.5 Å². The number of benzene rings is 1. The van der Waals surface area contributed by atoms with E-state index in [-0.39, 0.29) is 5.82 Å². The van der Waals surface area contributed by atoms with E-state index in [1.165, 1.54) is 17.8 Å². The second-order valence-electron chi connectivity index (χ2n) is 6.77. The third-order valence-electron chi connectivity index (χ3n) is 5.12. The first-order chi connectivity index (χ1) is 12.7. The Morgan fingerprint density at radius 1 is 1.38 bits per heavy atom. The number of rotatable bonds is 4. The van der Waals surface area contributed by atoms with Crippen molar-refractivity contribution in [2.24, 2.45) is 4.99 Å². The largest absolute Gasteiger partial charge is 0.385 e. The zero-order chi connectivity index (χ0) is 18.1. The van der Waals surface area contributed by atoms with Gasteiger partial charge in [-0.05, 0) is 31.7 Å². The van der Waals surface area contributed by atoms with Crippen LogP contribution in [0.1, 0.15) is 12.0 Å². The second-order valence-corrected chi connectivity index (χ2v) is 7.65. The third kappa shape index (κ3) is 3.34. The average molecular weight is 374 g/mol. The summed E-state index contributed by atoms with van der Waals surface area (Å²) in [6, 6.07) is 5.12. The molecule has 0 aliphatic carbocycles. The van der Waals surface area contributed by atoms with Crippen LogP contribution >= 0.6 is 11.3 Å². The van der Waals surface area contributed by atoms with Crippen molar-refractivity contribution in [1.29, 1.82) is 0 Å². The Morgan fingerprint density at radius 2 is 2.27 bits per heavy atom. The van der Waals surface area contributed by atoms with Crippen molar-refractivity contribution < 1.29 is 9.13 Å². The van der Waals surface area contributed by atoms with Crippen molar-refractivity contribution in [3.63, 3.8) is 0 Å². The first kappa shape index (κ1) is 17.5. The fourth-order valence-electron chi connectivity index (χ4n) is 3.53. The van der Waals surface area contributed by atoms with E-state index in [0.29, 0.717) is 11.7 Å². The minimum atomic E-state index is -0.258. The topological polar surface area (TPSA) is 40.1 Å². The summed E-state index contributed by atoms with van der Waals surface area (Å²) in [5.74, 6) is -0.258. The number of halogens is 1. The van der Waals surface area contributed by atoms with Crippen LogP contribution in [0.5, 0.6) is 0 Å². The van der Waals surface area contributed by atoms with Gasteiger partial charge in [-0.2, -0.15) is 0 Å². The number of fused-ring (bicyclic) bond motifs is 2. The molecule has 26 heavy (non-hydrogen) atoms. The van der Waals surface area contributed by atoms with Gasteiger partial charge in [0.05, 0.1) is 22.6 Å². The molecule has 1 aromatic heterocycles. The summed E-state index contributed by atoms with van der Waals surface area (Å²) in [6.45, 7) is 3.75. The molecule has 0 amide bonds. The second kappa shape index (κ2) is 7.34. The van der Waals surface area contributed by atoms with E-state index >= 15 is 0 Å². The Morgan fingerprint density at radius 3 is 3.12 bits per heavy atom. The van der Waals surface area contributed by atoms with Crippen LogP contribution in [0, 0.1) is 5.82 Å². The van der Waals surface area contributed by atoms with Crippen molar-refractivity contribution in [2.75, 3.05) is 50.6 Å². The fraction of sp³-hybridized carbons (Fsp3) is 0.421. The number of hydrogen-bond acceptors (Lipinski definition) is 6. The van der Waals surface area contributed by atoms with E-state index in [4.69, 9.17) is 4.74 Å². The molecular formula is C19H23FN4OS. The Labute approximate surface area is 157 Å². The van der Waals surface area contributed by atoms with E-state index < -0.39 is 0 Å². The van der Waals surface area contributed by atoms with Crippen molar-refractivity contribution >= 4 is 39.6 Å². The highest BCUT2D eigenvalue weighted by molar-refractivity contribution is 7.15. The van der Waals surface area contributed by atoms with Crippen LogP contribution in [0.2, 0.25) is 0 Å².